The Balaban J connectivity index is 1.41. The average molecular weight is 455 g/mol. The SMILES string of the molecule is COc1cc(C[C@@]2(CCC(=O)N(C)Cc3cc4ccccc4s3)CCC(=O)N2)ccc1F. The van der Waals surface area contributed by atoms with Gasteiger partial charge in [0.2, 0.25) is 11.8 Å². The maximum Gasteiger partial charge on any atom is 0.222 e. The molecule has 0 aliphatic carbocycles. The standard InChI is InChI=1S/C25H27FN2O3S/c1-28(16-19-14-18-5-3-4-6-22(18)32-19)24(30)10-12-25(11-9-23(29)27-25)15-17-7-8-20(26)21(13-17)31-2/h3-8,13-14H,9-12,15-16H2,1-2H3,(H,27,29)/t25-/m0/s1. The number of amides is 2. The molecule has 1 fully saturated rings. The molecule has 32 heavy (non-hydrogen) atoms. The molecule has 0 bridgehead atoms. The van der Waals surface area contributed by atoms with E-state index in [-0.39, 0.29) is 17.6 Å². The maximum atomic E-state index is 13.8. The number of nitrogens with one attached hydrogen (secondary N) is 1. The third-order valence-electron chi connectivity index (χ3n) is 6.11. The predicted molar refractivity (Wildman–Crippen MR) is 124 cm³/mol. The first-order valence-corrected chi connectivity index (χ1v) is 11.5. The predicted octanol–water partition coefficient (Wildman–Crippen LogP) is 4.68. The zero-order valence-electron chi connectivity index (χ0n) is 18.3. The van der Waals surface area contributed by atoms with Crippen molar-refractivity contribution < 1.29 is 18.7 Å². The van der Waals surface area contributed by atoms with Gasteiger partial charge in [0.1, 0.15) is 0 Å². The lowest BCUT2D eigenvalue weighted by Gasteiger charge is -2.30. The number of hydrogen-bond acceptors (Lipinski definition) is 4. The molecule has 5 nitrogen and oxygen atoms in total. The molecule has 0 saturated carbocycles. The quantitative estimate of drug-likeness (QED) is 0.538. The minimum Gasteiger partial charge on any atom is -0.494 e. The van der Waals surface area contributed by atoms with E-state index in [4.69, 9.17) is 4.74 Å². The summed E-state index contributed by atoms with van der Waals surface area (Å²) in [7, 11) is 3.25. The number of benzene rings is 2. The molecule has 1 aliphatic rings. The van der Waals surface area contributed by atoms with E-state index in [2.05, 4.69) is 23.5 Å². The maximum absolute atomic E-state index is 13.8. The number of thiophene rings is 1. The zero-order chi connectivity index (χ0) is 22.7. The van der Waals surface area contributed by atoms with Gasteiger partial charge in [-0.25, -0.2) is 4.39 Å². The van der Waals surface area contributed by atoms with E-state index in [1.165, 1.54) is 23.3 Å². The van der Waals surface area contributed by atoms with Crippen LogP contribution in [-0.4, -0.2) is 36.4 Å². The first-order valence-electron chi connectivity index (χ1n) is 10.7. The van der Waals surface area contributed by atoms with Crippen LogP contribution >= 0.6 is 11.3 Å². The number of halogens is 1. The number of carbonyl (C=O) groups is 2. The van der Waals surface area contributed by atoms with E-state index in [1.54, 1.807) is 28.4 Å². The van der Waals surface area contributed by atoms with Crippen LogP contribution in [0.5, 0.6) is 5.75 Å². The lowest BCUT2D eigenvalue weighted by atomic mass is 9.84. The van der Waals surface area contributed by atoms with Crippen LogP contribution in [-0.2, 0) is 22.6 Å². The number of rotatable bonds is 8. The van der Waals surface area contributed by atoms with Crippen molar-refractivity contribution in [3.05, 3.63) is 64.8 Å². The third-order valence-corrected chi connectivity index (χ3v) is 7.21. The molecule has 0 unspecified atom stereocenters. The Morgan fingerprint density at radius 1 is 1.25 bits per heavy atom. The lowest BCUT2D eigenvalue weighted by Crippen LogP contribution is -2.44. The molecule has 1 aromatic heterocycles. The van der Waals surface area contributed by atoms with Gasteiger partial charge in [0, 0.05) is 35.0 Å². The second kappa shape index (κ2) is 9.28. The topological polar surface area (TPSA) is 58.6 Å². The summed E-state index contributed by atoms with van der Waals surface area (Å²) in [5.41, 5.74) is 0.366. The number of fused-ring (bicyclic) bond motifs is 1. The molecule has 1 atom stereocenters. The van der Waals surface area contributed by atoms with Crippen molar-refractivity contribution >= 4 is 33.2 Å². The number of nitrogens with zero attached hydrogens (tertiary/aromatic N) is 1. The Morgan fingerprint density at radius 3 is 2.78 bits per heavy atom. The van der Waals surface area contributed by atoms with Gasteiger partial charge in [-0.1, -0.05) is 24.3 Å². The van der Waals surface area contributed by atoms with Crippen molar-refractivity contribution in [2.24, 2.45) is 0 Å². The van der Waals surface area contributed by atoms with Gasteiger partial charge in [-0.05, 0) is 54.5 Å². The van der Waals surface area contributed by atoms with Gasteiger partial charge < -0.3 is 15.0 Å². The van der Waals surface area contributed by atoms with Crippen LogP contribution < -0.4 is 10.1 Å². The van der Waals surface area contributed by atoms with Gasteiger partial charge in [-0.3, -0.25) is 9.59 Å². The molecule has 0 radical (unpaired) electrons. The fourth-order valence-corrected chi connectivity index (χ4v) is 5.48. The molecule has 0 spiro atoms. The molecule has 4 rings (SSSR count). The molecule has 1 N–H and O–H groups in total. The summed E-state index contributed by atoms with van der Waals surface area (Å²) in [6.07, 6.45) is 2.49. The van der Waals surface area contributed by atoms with Gasteiger partial charge in [-0.2, -0.15) is 0 Å². The van der Waals surface area contributed by atoms with E-state index in [9.17, 15) is 14.0 Å². The fourth-order valence-electron chi connectivity index (χ4n) is 4.36. The summed E-state index contributed by atoms with van der Waals surface area (Å²) in [4.78, 5) is 27.8. The van der Waals surface area contributed by atoms with Crippen LogP contribution in [0.2, 0.25) is 0 Å². The zero-order valence-corrected chi connectivity index (χ0v) is 19.1. The van der Waals surface area contributed by atoms with Crippen LogP contribution in [0.1, 0.15) is 36.1 Å². The Bertz CT molecular complexity index is 1110. The number of ether oxygens (including phenoxy) is 1. The van der Waals surface area contributed by atoms with Gasteiger partial charge in [0.25, 0.3) is 0 Å². The molecule has 1 saturated heterocycles. The van der Waals surface area contributed by atoms with Crippen molar-refractivity contribution in [3.8, 4) is 5.75 Å². The average Bonchev–Trinajstić information content (AvgIpc) is 3.36. The highest BCUT2D eigenvalue weighted by atomic mass is 32.1. The number of hydrogen-bond donors (Lipinski definition) is 1. The molecule has 3 aromatic rings. The van der Waals surface area contributed by atoms with Crippen molar-refractivity contribution in [2.75, 3.05) is 14.2 Å². The lowest BCUT2D eigenvalue weighted by molar-refractivity contribution is -0.131. The first-order chi connectivity index (χ1) is 15.4. The van der Waals surface area contributed by atoms with Crippen molar-refractivity contribution in [2.45, 2.75) is 44.2 Å². The molecular formula is C25H27FN2O3S. The van der Waals surface area contributed by atoms with Crippen molar-refractivity contribution in [1.82, 2.24) is 10.2 Å². The highest BCUT2D eigenvalue weighted by Gasteiger charge is 2.38. The molecule has 1 aliphatic heterocycles. The Kier molecular flexibility index (Phi) is 6.46. The first kappa shape index (κ1) is 22.3. The normalized spacial score (nSPS) is 18.0. The molecular weight excluding hydrogens is 427 g/mol. The van der Waals surface area contributed by atoms with Crippen LogP contribution in [0, 0.1) is 5.82 Å². The highest BCUT2D eigenvalue weighted by Crippen LogP contribution is 2.32. The number of methoxy groups -OCH3 is 1. The molecule has 168 valence electrons. The van der Waals surface area contributed by atoms with Gasteiger partial charge >= 0.3 is 0 Å². The second-order valence-corrected chi connectivity index (χ2v) is 9.64. The van der Waals surface area contributed by atoms with Crippen LogP contribution in [0.25, 0.3) is 10.1 Å². The summed E-state index contributed by atoms with van der Waals surface area (Å²) in [6.45, 7) is 0.562. The second-order valence-electron chi connectivity index (χ2n) is 8.47. The Hall–Kier alpha value is -2.93. The third kappa shape index (κ3) is 4.93. The van der Waals surface area contributed by atoms with E-state index in [0.29, 0.717) is 38.6 Å². The Labute approximate surface area is 191 Å². The monoisotopic (exact) mass is 454 g/mol. The minimum atomic E-state index is -0.506. The molecule has 7 heteroatoms. The van der Waals surface area contributed by atoms with Crippen LogP contribution in [0.4, 0.5) is 4.39 Å². The molecule has 2 aromatic carbocycles. The summed E-state index contributed by atoms with van der Waals surface area (Å²) in [5.74, 6) is -0.204. The van der Waals surface area contributed by atoms with Crippen molar-refractivity contribution in [1.29, 1.82) is 0 Å². The summed E-state index contributed by atoms with van der Waals surface area (Å²) in [5, 5.41) is 4.28. The fraction of sp³-hybridized carbons (Fsp3) is 0.360. The smallest absolute Gasteiger partial charge is 0.222 e. The van der Waals surface area contributed by atoms with Crippen LogP contribution in [0.15, 0.2) is 48.5 Å². The summed E-state index contributed by atoms with van der Waals surface area (Å²) in [6, 6.07) is 15.1. The van der Waals surface area contributed by atoms with Gasteiger partial charge in [0.05, 0.1) is 13.7 Å². The van der Waals surface area contributed by atoms with E-state index >= 15 is 0 Å². The molecule has 2 heterocycles. The van der Waals surface area contributed by atoms with Crippen LogP contribution in [0.3, 0.4) is 0 Å². The summed E-state index contributed by atoms with van der Waals surface area (Å²) < 4.78 is 20.1. The minimum absolute atomic E-state index is 0.00911. The van der Waals surface area contributed by atoms with Crippen molar-refractivity contribution in [3.63, 3.8) is 0 Å². The number of carbonyl (C=O) groups excluding carboxylic acids is 2. The van der Waals surface area contributed by atoms with E-state index in [0.717, 1.165) is 10.4 Å². The van der Waals surface area contributed by atoms with Gasteiger partial charge in [-0.15, -0.1) is 11.3 Å². The van der Waals surface area contributed by atoms with E-state index < -0.39 is 11.4 Å². The Morgan fingerprint density at radius 2 is 2.06 bits per heavy atom. The molecule has 2 amide bonds. The summed E-state index contributed by atoms with van der Waals surface area (Å²) >= 11 is 1.70. The largest absolute Gasteiger partial charge is 0.494 e. The van der Waals surface area contributed by atoms with Gasteiger partial charge in [0.15, 0.2) is 11.6 Å². The highest BCUT2D eigenvalue weighted by molar-refractivity contribution is 7.19. The van der Waals surface area contributed by atoms with E-state index in [1.807, 2.05) is 19.2 Å².